The monoisotopic (exact) mass is 381 g/mol. The first-order chi connectivity index (χ1) is 10.5. The number of hydrogen-bond donors (Lipinski definition) is 2. The number of primary sulfonamides is 1. The predicted octanol–water partition coefficient (Wildman–Crippen LogP) is 1.48. The van der Waals surface area contributed by atoms with E-state index in [-0.39, 0.29) is 15.8 Å². The minimum atomic E-state index is -4.12. The maximum absolute atomic E-state index is 12.5. The molecule has 0 aromatic heterocycles. The van der Waals surface area contributed by atoms with Crippen molar-refractivity contribution in [2.75, 3.05) is 11.4 Å². The van der Waals surface area contributed by atoms with Gasteiger partial charge in [0.25, 0.3) is 0 Å². The van der Waals surface area contributed by atoms with E-state index < -0.39 is 31.1 Å². The highest BCUT2D eigenvalue weighted by Gasteiger charge is 2.36. The molecule has 10 heteroatoms. The molecular weight excluding hydrogens is 362 g/mol. The second-order valence-corrected chi connectivity index (χ2v) is 9.47. The van der Waals surface area contributed by atoms with E-state index in [2.05, 4.69) is 4.72 Å². The summed E-state index contributed by atoms with van der Waals surface area (Å²) in [5.74, 6) is 0.275. The van der Waals surface area contributed by atoms with Crippen LogP contribution in [0.5, 0.6) is 0 Å². The Morgan fingerprint density at radius 1 is 1.39 bits per heavy atom. The van der Waals surface area contributed by atoms with Gasteiger partial charge in [0.15, 0.2) is 0 Å². The van der Waals surface area contributed by atoms with Gasteiger partial charge in [-0.25, -0.2) is 22.0 Å². The van der Waals surface area contributed by atoms with Crippen LogP contribution in [-0.4, -0.2) is 29.5 Å². The van der Waals surface area contributed by atoms with E-state index in [0.717, 1.165) is 6.07 Å². The Hall–Kier alpha value is -0.870. The molecule has 0 saturated carbocycles. The van der Waals surface area contributed by atoms with Gasteiger partial charge in [-0.3, -0.25) is 0 Å². The molecule has 130 valence electrons. The number of nitrogens with two attached hydrogens (primary N) is 1. The number of nitrogens with one attached hydrogen (secondary N) is 1. The second kappa shape index (κ2) is 6.21. The van der Waals surface area contributed by atoms with Crippen LogP contribution in [0.1, 0.15) is 27.2 Å². The molecule has 0 fully saturated rings. The third-order valence-electron chi connectivity index (χ3n) is 3.62. The smallest absolute Gasteiger partial charge is 0.244 e. The van der Waals surface area contributed by atoms with Crippen molar-refractivity contribution < 1.29 is 16.8 Å². The van der Waals surface area contributed by atoms with Gasteiger partial charge in [-0.15, -0.1) is 0 Å². The van der Waals surface area contributed by atoms with E-state index in [4.69, 9.17) is 16.7 Å². The third-order valence-corrected chi connectivity index (χ3v) is 6.49. The summed E-state index contributed by atoms with van der Waals surface area (Å²) in [5, 5.41) is 5.01. The molecule has 1 aliphatic rings. The summed E-state index contributed by atoms with van der Waals surface area (Å²) < 4.78 is 50.8. The fraction of sp³-hybridized carbons (Fsp3) is 0.538. The number of halogens is 1. The number of anilines is 1. The van der Waals surface area contributed by atoms with Gasteiger partial charge < -0.3 is 4.90 Å². The van der Waals surface area contributed by atoms with Crippen molar-refractivity contribution in [2.24, 2.45) is 11.1 Å². The lowest BCUT2D eigenvalue weighted by Gasteiger charge is -2.39. The number of hydrogen-bond acceptors (Lipinski definition) is 5. The molecule has 1 aliphatic heterocycles. The fourth-order valence-corrected chi connectivity index (χ4v) is 5.27. The Bertz CT molecular complexity index is 822. The summed E-state index contributed by atoms with van der Waals surface area (Å²) in [6.07, 6.45) is 0.204. The van der Waals surface area contributed by atoms with E-state index in [1.807, 2.05) is 25.7 Å². The van der Waals surface area contributed by atoms with Crippen LogP contribution in [0.25, 0.3) is 0 Å². The molecule has 1 heterocycles. The van der Waals surface area contributed by atoms with Crippen LogP contribution < -0.4 is 14.8 Å². The number of fused-ring (bicyclic) bond motifs is 1. The minimum absolute atomic E-state index is 0.0925. The molecule has 0 aliphatic carbocycles. The summed E-state index contributed by atoms with van der Waals surface area (Å²) >= 11 is 6.01. The summed E-state index contributed by atoms with van der Waals surface area (Å²) in [4.78, 5) is 1.32. The molecule has 2 rings (SSSR count). The first-order valence-electron chi connectivity index (χ1n) is 7.12. The van der Waals surface area contributed by atoms with E-state index in [0.29, 0.717) is 18.7 Å². The minimum Gasteiger partial charge on any atom is -0.354 e. The van der Waals surface area contributed by atoms with Crippen molar-refractivity contribution in [3.05, 3.63) is 17.2 Å². The molecule has 0 bridgehead atoms. The van der Waals surface area contributed by atoms with Crippen LogP contribution in [0, 0.1) is 5.92 Å². The summed E-state index contributed by atoms with van der Waals surface area (Å²) in [6.45, 7) is 6.42. The summed E-state index contributed by atoms with van der Waals surface area (Å²) in [5.41, 5.74) is 0.384. The molecule has 7 nitrogen and oxygen atoms in total. The van der Waals surface area contributed by atoms with Gasteiger partial charge in [-0.1, -0.05) is 25.4 Å². The SMILES string of the molecule is CCN1c2cc(Cl)c(S(N)(=O)=O)cc2S(=O)(=O)NC1CC(C)C. The standard InChI is InChI=1S/C13H20ClN3O4S2/c1-4-17-10-6-9(14)11(22(15,18)19)7-12(10)23(20,21)16-13(17)5-8(2)3/h6-8,13,16H,4-5H2,1-3H3,(H2,15,18,19). The Labute approximate surface area is 141 Å². The molecule has 1 aromatic carbocycles. The highest BCUT2D eigenvalue weighted by Crippen LogP contribution is 2.37. The molecule has 0 spiro atoms. The van der Waals surface area contributed by atoms with Gasteiger partial charge in [0.1, 0.15) is 9.79 Å². The van der Waals surface area contributed by atoms with Crippen LogP contribution in [0.15, 0.2) is 21.9 Å². The first-order valence-corrected chi connectivity index (χ1v) is 10.5. The van der Waals surface area contributed by atoms with E-state index in [1.165, 1.54) is 6.07 Å². The zero-order chi connectivity index (χ0) is 17.6. The van der Waals surface area contributed by atoms with Crippen molar-refractivity contribution in [1.82, 2.24) is 4.72 Å². The van der Waals surface area contributed by atoms with Crippen LogP contribution in [0.2, 0.25) is 5.02 Å². The highest BCUT2D eigenvalue weighted by molar-refractivity contribution is 7.90. The number of rotatable bonds is 4. The molecule has 0 amide bonds. The molecule has 1 aromatic rings. The molecular formula is C13H20ClN3O4S2. The number of benzene rings is 1. The molecule has 1 atom stereocenters. The largest absolute Gasteiger partial charge is 0.354 e. The van der Waals surface area contributed by atoms with Crippen molar-refractivity contribution in [3.63, 3.8) is 0 Å². The lowest BCUT2D eigenvalue weighted by molar-refractivity contribution is 0.435. The van der Waals surface area contributed by atoms with E-state index >= 15 is 0 Å². The van der Waals surface area contributed by atoms with Gasteiger partial charge in [0.05, 0.1) is 16.9 Å². The zero-order valence-corrected chi connectivity index (χ0v) is 15.5. The molecule has 23 heavy (non-hydrogen) atoms. The lowest BCUT2D eigenvalue weighted by Crippen LogP contribution is -2.53. The van der Waals surface area contributed by atoms with Crippen LogP contribution in [0.4, 0.5) is 5.69 Å². The zero-order valence-electron chi connectivity index (χ0n) is 13.1. The topological polar surface area (TPSA) is 110 Å². The Morgan fingerprint density at radius 3 is 2.48 bits per heavy atom. The van der Waals surface area contributed by atoms with Gasteiger partial charge in [0, 0.05) is 6.54 Å². The van der Waals surface area contributed by atoms with E-state index in [1.54, 1.807) is 0 Å². The van der Waals surface area contributed by atoms with Crippen molar-refractivity contribution in [1.29, 1.82) is 0 Å². The van der Waals surface area contributed by atoms with Crippen molar-refractivity contribution >= 4 is 37.3 Å². The lowest BCUT2D eigenvalue weighted by atomic mass is 10.1. The van der Waals surface area contributed by atoms with Gasteiger partial charge >= 0.3 is 0 Å². The van der Waals surface area contributed by atoms with Gasteiger partial charge in [-0.05, 0) is 31.4 Å². The van der Waals surface area contributed by atoms with Crippen LogP contribution >= 0.6 is 11.6 Å². The summed E-state index contributed by atoms with van der Waals surface area (Å²) in [7, 11) is -7.97. The van der Waals surface area contributed by atoms with E-state index in [9.17, 15) is 16.8 Å². The highest BCUT2D eigenvalue weighted by atomic mass is 35.5. The molecule has 0 radical (unpaired) electrons. The predicted molar refractivity (Wildman–Crippen MR) is 89.4 cm³/mol. The van der Waals surface area contributed by atoms with Crippen LogP contribution in [-0.2, 0) is 20.0 Å². The fourth-order valence-electron chi connectivity index (χ4n) is 2.67. The molecule has 1 unspecified atom stereocenters. The average molecular weight is 382 g/mol. The van der Waals surface area contributed by atoms with Crippen molar-refractivity contribution in [3.8, 4) is 0 Å². The number of sulfonamides is 2. The summed E-state index contributed by atoms with van der Waals surface area (Å²) in [6, 6.07) is 2.37. The number of nitrogens with zero attached hydrogens (tertiary/aromatic N) is 1. The first kappa shape index (κ1) is 18.5. The quantitative estimate of drug-likeness (QED) is 0.820. The van der Waals surface area contributed by atoms with Gasteiger partial charge in [-0.2, -0.15) is 4.72 Å². The van der Waals surface area contributed by atoms with Crippen molar-refractivity contribution in [2.45, 2.75) is 43.1 Å². The van der Waals surface area contributed by atoms with Crippen LogP contribution in [0.3, 0.4) is 0 Å². The molecule has 3 N–H and O–H groups in total. The normalized spacial score (nSPS) is 20.6. The Balaban J connectivity index is 2.69. The maximum Gasteiger partial charge on any atom is 0.244 e. The third kappa shape index (κ3) is 3.63. The maximum atomic E-state index is 12.5. The Morgan fingerprint density at radius 2 is 2.00 bits per heavy atom. The second-order valence-electron chi connectivity index (χ2n) is 5.85. The molecule has 0 saturated heterocycles. The average Bonchev–Trinajstić information content (AvgIpc) is 2.35. The van der Waals surface area contributed by atoms with Gasteiger partial charge in [0.2, 0.25) is 20.0 Å². The Kier molecular flexibility index (Phi) is 4.99.